The topological polar surface area (TPSA) is 91.5 Å². The fraction of sp³-hybridized carbons (Fsp3) is 0.278. The highest BCUT2D eigenvalue weighted by atomic mass is 16.5. The first-order valence-corrected chi connectivity index (χ1v) is 7.39. The second-order valence-corrected chi connectivity index (χ2v) is 6.35. The number of phenolic OH excluding ortho intramolecular Hbond substituents is 2. The van der Waals surface area contributed by atoms with E-state index < -0.39 is 5.97 Å². The molecule has 6 heteroatoms. The zero-order valence-electron chi connectivity index (χ0n) is 14.1. The monoisotopic (exact) mass is 328 g/mol. The van der Waals surface area contributed by atoms with Gasteiger partial charge in [-0.25, -0.2) is 4.79 Å². The summed E-state index contributed by atoms with van der Waals surface area (Å²) < 4.78 is 4.63. The van der Waals surface area contributed by atoms with Gasteiger partial charge in [0.2, 0.25) is 0 Å². The van der Waals surface area contributed by atoms with Gasteiger partial charge in [-0.3, -0.25) is 0 Å². The molecule has 0 bridgehead atoms. The summed E-state index contributed by atoms with van der Waals surface area (Å²) in [6.07, 6.45) is 0. The average molecular weight is 328 g/mol. The molecule has 0 fully saturated rings. The molecule has 126 valence electrons. The number of azo groups is 1. The van der Waals surface area contributed by atoms with Crippen molar-refractivity contribution in [2.45, 2.75) is 26.2 Å². The fourth-order valence-electron chi connectivity index (χ4n) is 2.03. The van der Waals surface area contributed by atoms with E-state index >= 15 is 0 Å². The Hall–Kier alpha value is -2.89. The summed E-state index contributed by atoms with van der Waals surface area (Å²) in [5.74, 6) is -0.683. The Bertz CT molecular complexity index is 792. The molecule has 0 saturated carbocycles. The van der Waals surface area contributed by atoms with Gasteiger partial charge in [0.25, 0.3) is 0 Å². The van der Waals surface area contributed by atoms with E-state index in [1.54, 1.807) is 12.1 Å². The molecule has 6 nitrogen and oxygen atoms in total. The maximum absolute atomic E-state index is 11.5. The average Bonchev–Trinajstić information content (AvgIpc) is 2.53. The lowest BCUT2D eigenvalue weighted by molar-refractivity contribution is 0.0600. The first-order valence-electron chi connectivity index (χ1n) is 7.39. The van der Waals surface area contributed by atoms with Crippen LogP contribution in [0, 0.1) is 0 Å². The van der Waals surface area contributed by atoms with Gasteiger partial charge >= 0.3 is 5.97 Å². The highest BCUT2D eigenvalue weighted by Gasteiger charge is 2.15. The van der Waals surface area contributed by atoms with Gasteiger partial charge in [-0.05, 0) is 41.3 Å². The van der Waals surface area contributed by atoms with Crippen LogP contribution in [-0.2, 0) is 10.2 Å². The van der Waals surface area contributed by atoms with Crippen LogP contribution in [0.25, 0.3) is 0 Å². The molecular formula is C18H20N2O4. The van der Waals surface area contributed by atoms with Gasteiger partial charge in [0.15, 0.2) is 0 Å². The minimum atomic E-state index is -0.538. The highest BCUT2D eigenvalue weighted by molar-refractivity contribution is 5.90. The van der Waals surface area contributed by atoms with Crippen LogP contribution in [0.1, 0.15) is 36.7 Å². The number of methoxy groups -OCH3 is 1. The third kappa shape index (κ3) is 3.90. The molecule has 2 aromatic carbocycles. The highest BCUT2D eigenvalue weighted by Crippen LogP contribution is 2.35. The molecule has 0 unspecified atom stereocenters. The van der Waals surface area contributed by atoms with E-state index in [-0.39, 0.29) is 33.9 Å². The lowest BCUT2D eigenvalue weighted by Gasteiger charge is -2.19. The molecule has 0 amide bonds. The van der Waals surface area contributed by atoms with Crippen LogP contribution in [0.15, 0.2) is 46.6 Å². The Kier molecular flexibility index (Phi) is 4.87. The van der Waals surface area contributed by atoms with E-state index in [1.807, 2.05) is 26.8 Å². The number of benzene rings is 2. The molecule has 24 heavy (non-hydrogen) atoms. The van der Waals surface area contributed by atoms with Crippen LogP contribution in [0.2, 0.25) is 0 Å². The lowest BCUT2D eigenvalue weighted by Crippen LogP contribution is -2.10. The van der Waals surface area contributed by atoms with Gasteiger partial charge in [-0.1, -0.05) is 26.8 Å². The van der Waals surface area contributed by atoms with Crippen molar-refractivity contribution in [3.63, 3.8) is 0 Å². The molecule has 2 aromatic rings. The first-order chi connectivity index (χ1) is 11.2. The quantitative estimate of drug-likeness (QED) is 0.636. The van der Waals surface area contributed by atoms with Gasteiger partial charge in [-0.2, -0.15) is 0 Å². The minimum absolute atomic E-state index is 0.0182. The first kappa shape index (κ1) is 17.5. The van der Waals surface area contributed by atoms with Crippen LogP contribution in [0.5, 0.6) is 11.5 Å². The Balaban J connectivity index is 2.39. The standard InChI is InChI=1S/C18H20N2O4/c1-18(2,3)12-6-8-16(22)14(10-12)20-19-13-9-11(17(23)24-4)5-7-15(13)21/h5-10,21-22H,1-4H3. The Labute approximate surface area is 140 Å². The smallest absolute Gasteiger partial charge is 0.337 e. The van der Waals surface area contributed by atoms with Crippen molar-refractivity contribution < 1.29 is 19.7 Å². The summed E-state index contributed by atoms with van der Waals surface area (Å²) >= 11 is 0. The van der Waals surface area contributed by atoms with E-state index in [4.69, 9.17) is 0 Å². The zero-order chi connectivity index (χ0) is 17.9. The number of hydrogen-bond acceptors (Lipinski definition) is 6. The SMILES string of the molecule is COC(=O)c1ccc(O)c(N=Nc2cc(C(C)(C)C)ccc2O)c1. The summed E-state index contributed by atoms with van der Waals surface area (Å²) in [5.41, 5.74) is 1.52. The molecule has 0 aliphatic rings. The molecule has 0 radical (unpaired) electrons. The second-order valence-electron chi connectivity index (χ2n) is 6.35. The number of phenols is 2. The van der Waals surface area contributed by atoms with Gasteiger partial charge in [-0.15, -0.1) is 10.2 Å². The van der Waals surface area contributed by atoms with Crippen molar-refractivity contribution in [3.05, 3.63) is 47.5 Å². The van der Waals surface area contributed by atoms with Crippen LogP contribution >= 0.6 is 0 Å². The summed E-state index contributed by atoms with van der Waals surface area (Å²) in [6, 6.07) is 9.25. The maximum atomic E-state index is 11.5. The van der Waals surface area contributed by atoms with Crippen molar-refractivity contribution in [2.24, 2.45) is 10.2 Å². The van der Waals surface area contributed by atoms with Crippen LogP contribution in [0.3, 0.4) is 0 Å². The number of rotatable bonds is 3. The van der Waals surface area contributed by atoms with Crippen molar-refractivity contribution in [3.8, 4) is 11.5 Å². The Morgan fingerprint density at radius 3 is 2.04 bits per heavy atom. The van der Waals surface area contributed by atoms with E-state index in [1.165, 1.54) is 25.3 Å². The number of hydrogen-bond donors (Lipinski definition) is 2. The van der Waals surface area contributed by atoms with Crippen LogP contribution in [-0.4, -0.2) is 23.3 Å². The Morgan fingerprint density at radius 1 is 0.958 bits per heavy atom. The van der Waals surface area contributed by atoms with E-state index in [2.05, 4.69) is 15.0 Å². The Morgan fingerprint density at radius 2 is 1.50 bits per heavy atom. The maximum Gasteiger partial charge on any atom is 0.337 e. The van der Waals surface area contributed by atoms with Crippen LogP contribution in [0.4, 0.5) is 11.4 Å². The predicted octanol–water partition coefficient (Wildman–Crippen LogP) is 4.60. The zero-order valence-corrected chi connectivity index (χ0v) is 14.1. The minimum Gasteiger partial charge on any atom is -0.506 e. The number of aromatic hydroxyl groups is 2. The number of esters is 1. The molecule has 0 aliphatic heterocycles. The molecule has 0 atom stereocenters. The molecule has 0 spiro atoms. The van der Waals surface area contributed by atoms with Crippen LogP contribution < -0.4 is 0 Å². The van der Waals surface area contributed by atoms with Gasteiger partial charge in [0, 0.05) is 0 Å². The van der Waals surface area contributed by atoms with Crippen molar-refractivity contribution in [2.75, 3.05) is 7.11 Å². The van der Waals surface area contributed by atoms with E-state index in [9.17, 15) is 15.0 Å². The molecule has 0 saturated heterocycles. The van der Waals surface area contributed by atoms with E-state index in [0.29, 0.717) is 0 Å². The molecule has 0 aliphatic carbocycles. The van der Waals surface area contributed by atoms with Crippen molar-refractivity contribution in [1.82, 2.24) is 0 Å². The van der Waals surface area contributed by atoms with Crippen molar-refractivity contribution in [1.29, 1.82) is 0 Å². The normalized spacial score (nSPS) is 11.7. The van der Waals surface area contributed by atoms with Gasteiger partial charge in [0.05, 0.1) is 12.7 Å². The summed E-state index contributed by atoms with van der Waals surface area (Å²) in [6.45, 7) is 6.14. The van der Waals surface area contributed by atoms with Gasteiger partial charge < -0.3 is 14.9 Å². The summed E-state index contributed by atoms with van der Waals surface area (Å²) in [5, 5.41) is 27.7. The molecule has 2 rings (SSSR count). The molecule has 0 aromatic heterocycles. The second kappa shape index (κ2) is 6.70. The number of carbonyl (C=O) groups excluding carboxylic acids is 1. The number of ether oxygens (including phenoxy) is 1. The number of carbonyl (C=O) groups is 1. The predicted molar refractivity (Wildman–Crippen MR) is 90.4 cm³/mol. The lowest BCUT2D eigenvalue weighted by atomic mass is 9.87. The molecular weight excluding hydrogens is 308 g/mol. The third-order valence-corrected chi connectivity index (χ3v) is 3.50. The van der Waals surface area contributed by atoms with Crippen molar-refractivity contribution >= 4 is 17.3 Å². The number of nitrogens with zero attached hydrogens (tertiary/aromatic N) is 2. The van der Waals surface area contributed by atoms with Gasteiger partial charge in [0.1, 0.15) is 22.9 Å². The summed E-state index contributed by atoms with van der Waals surface area (Å²) in [4.78, 5) is 11.5. The molecule has 2 N–H and O–H groups in total. The summed E-state index contributed by atoms with van der Waals surface area (Å²) in [7, 11) is 1.27. The fourth-order valence-corrected chi connectivity index (χ4v) is 2.03. The molecule has 0 heterocycles. The van der Waals surface area contributed by atoms with E-state index in [0.717, 1.165) is 5.56 Å². The third-order valence-electron chi connectivity index (χ3n) is 3.50. The largest absolute Gasteiger partial charge is 0.506 e.